The number of nitrogens with zero attached hydrogens (tertiary/aromatic N) is 1. The van der Waals surface area contributed by atoms with Gasteiger partial charge in [0.15, 0.2) is 0 Å². The van der Waals surface area contributed by atoms with Crippen molar-refractivity contribution >= 4 is 10.9 Å². The summed E-state index contributed by atoms with van der Waals surface area (Å²) in [6.07, 6.45) is 1.36. The lowest BCUT2D eigenvalue weighted by molar-refractivity contribution is 0.278. The number of aliphatic hydroxyl groups excluding tert-OH is 1. The molecule has 0 atom stereocenters. The van der Waals surface area contributed by atoms with Crippen molar-refractivity contribution in [2.75, 3.05) is 0 Å². The first-order chi connectivity index (χ1) is 6.76. The molecule has 3 N–H and O–H groups in total. The molecule has 70 valence electrons. The molecule has 0 radical (unpaired) electrons. The van der Waals surface area contributed by atoms with E-state index in [1.807, 2.05) is 6.07 Å². The normalized spacial score (nSPS) is 10.3. The SMILES string of the molecule is N#Cc1c[nH]c(=O)c2[nH]c(CO)cc12. The lowest BCUT2D eigenvalue weighted by Gasteiger charge is -1.90. The fraction of sp³-hybridized carbons (Fsp3) is 0.111. The summed E-state index contributed by atoms with van der Waals surface area (Å²) >= 11 is 0. The molecule has 5 heteroatoms. The van der Waals surface area contributed by atoms with Gasteiger partial charge >= 0.3 is 0 Å². The minimum Gasteiger partial charge on any atom is -0.390 e. The maximum Gasteiger partial charge on any atom is 0.272 e. The third-order valence-electron chi connectivity index (χ3n) is 2.03. The Balaban J connectivity index is 2.90. The molecule has 0 aromatic carbocycles. The summed E-state index contributed by atoms with van der Waals surface area (Å²) < 4.78 is 0. The van der Waals surface area contributed by atoms with Crippen molar-refractivity contribution in [2.24, 2.45) is 0 Å². The molecule has 2 rings (SSSR count). The summed E-state index contributed by atoms with van der Waals surface area (Å²) in [5, 5.41) is 18.2. The highest BCUT2D eigenvalue weighted by atomic mass is 16.3. The van der Waals surface area contributed by atoms with Gasteiger partial charge in [0, 0.05) is 17.3 Å². The van der Waals surface area contributed by atoms with Gasteiger partial charge in [-0.15, -0.1) is 0 Å². The van der Waals surface area contributed by atoms with Gasteiger partial charge in [0.1, 0.15) is 11.6 Å². The van der Waals surface area contributed by atoms with E-state index in [4.69, 9.17) is 10.4 Å². The van der Waals surface area contributed by atoms with E-state index in [1.165, 1.54) is 6.20 Å². The number of fused-ring (bicyclic) bond motifs is 1. The summed E-state index contributed by atoms with van der Waals surface area (Å²) in [5.41, 5.74) is 0.940. The van der Waals surface area contributed by atoms with Crippen LogP contribution in [0.4, 0.5) is 0 Å². The number of nitrogens with one attached hydrogen (secondary N) is 2. The number of rotatable bonds is 1. The number of pyridine rings is 1. The predicted molar refractivity (Wildman–Crippen MR) is 49.6 cm³/mol. The van der Waals surface area contributed by atoms with Crippen LogP contribution in [0.3, 0.4) is 0 Å². The van der Waals surface area contributed by atoms with Gasteiger partial charge in [0.2, 0.25) is 0 Å². The van der Waals surface area contributed by atoms with Crippen LogP contribution in [-0.4, -0.2) is 15.1 Å². The van der Waals surface area contributed by atoms with Crippen LogP contribution in [0.1, 0.15) is 11.3 Å². The standard InChI is InChI=1S/C9H7N3O2/c10-2-5-3-11-9(14)8-7(5)1-6(4-13)12-8/h1,3,12-13H,4H2,(H,11,14). The summed E-state index contributed by atoms with van der Waals surface area (Å²) in [6.45, 7) is -0.182. The Hall–Kier alpha value is -2.06. The first kappa shape index (κ1) is 8.53. The minimum atomic E-state index is -0.293. The fourth-order valence-electron chi connectivity index (χ4n) is 1.37. The van der Waals surface area contributed by atoms with Crippen molar-refractivity contribution in [1.29, 1.82) is 5.26 Å². The van der Waals surface area contributed by atoms with E-state index in [1.54, 1.807) is 6.07 Å². The third kappa shape index (κ3) is 1.09. The molecule has 2 aromatic heterocycles. The molecule has 5 nitrogen and oxygen atoms in total. The maximum atomic E-state index is 11.3. The van der Waals surface area contributed by atoms with Crippen LogP contribution in [0.25, 0.3) is 10.9 Å². The van der Waals surface area contributed by atoms with Crippen molar-refractivity contribution in [2.45, 2.75) is 6.61 Å². The van der Waals surface area contributed by atoms with Crippen molar-refractivity contribution in [3.8, 4) is 6.07 Å². The molecule has 0 saturated heterocycles. The Morgan fingerprint density at radius 1 is 1.57 bits per heavy atom. The van der Waals surface area contributed by atoms with Crippen LogP contribution in [0, 0.1) is 11.3 Å². The van der Waals surface area contributed by atoms with E-state index in [9.17, 15) is 4.79 Å². The number of nitriles is 1. The van der Waals surface area contributed by atoms with Crippen molar-refractivity contribution in [3.63, 3.8) is 0 Å². The van der Waals surface area contributed by atoms with Crippen LogP contribution in [0.15, 0.2) is 17.1 Å². The van der Waals surface area contributed by atoms with Gasteiger partial charge < -0.3 is 15.1 Å². The van der Waals surface area contributed by atoms with Crippen LogP contribution in [0.5, 0.6) is 0 Å². The molecule has 0 aliphatic heterocycles. The smallest absolute Gasteiger partial charge is 0.272 e. The van der Waals surface area contributed by atoms with Crippen molar-refractivity contribution in [1.82, 2.24) is 9.97 Å². The van der Waals surface area contributed by atoms with E-state index in [0.717, 1.165) is 0 Å². The lowest BCUT2D eigenvalue weighted by atomic mass is 10.2. The van der Waals surface area contributed by atoms with E-state index >= 15 is 0 Å². The highest BCUT2D eigenvalue weighted by Gasteiger charge is 2.07. The summed E-state index contributed by atoms with van der Waals surface area (Å²) in [4.78, 5) is 16.5. The summed E-state index contributed by atoms with van der Waals surface area (Å²) in [6, 6.07) is 3.56. The van der Waals surface area contributed by atoms with Gasteiger partial charge in [0.25, 0.3) is 5.56 Å². The second-order valence-electron chi connectivity index (χ2n) is 2.88. The van der Waals surface area contributed by atoms with E-state index in [-0.39, 0.29) is 12.2 Å². The summed E-state index contributed by atoms with van der Waals surface area (Å²) in [7, 11) is 0. The Morgan fingerprint density at radius 2 is 2.36 bits per heavy atom. The topological polar surface area (TPSA) is 92.7 Å². The van der Waals surface area contributed by atoms with Gasteiger partial charge in [-0.2, -0.15) is 5.26 Å². The number of aliphatic hydroxyl groups is 1. The molecular formula is C9H7N3O2. The molecule has 2 aromatic rings. The Labute approximate surface area is 78.6 Å². The molecule has 0 aliphatic rings. The molecule has 2 heterocycles. The molecule has 0 fully saturated rings. The second-order valence-corrected chi connectivity index (χ2v) is 2.88. The number of aromatic nitrogens is 2. The monoisotopic (exact) mass is 189 g/mol. The second kappa shape index (κ2) is 3.01. The third-order valence-corrected chi connectivity index (χ3v) is 2.03. The van der Waals surface area contributed by atoms with Gasteiger partial charge in [-0.05, 0) is 6.07 Å². The first-order valence-corrected chi connectivity index (χ1v) is 4.00. The van der Waals surface area contributed by atoms with Crippen molar-refractivity contribution < 1.29 is 5.11 Å². The largest absolute Gasteiger partial charge is 0.390 e. The fourth-order valence-corrected chi connectivity index (χ4v) is 1.37. The maximum absolute atomic E-state index is 11.3. The zero-order valence-corrected chi connectivity index (χ0v) is 7.16. The zero-order chi connectivity index (χ0) is 10.1. The van der Waals surface area contributed by atoms with E-state index in [2.05, 4.69) is 9.97 Å². The molecule has 0 amide bonds. The lowest BCUT2D eigenvalue weighted by Crippen LogP contribution is -2.05. The predicted octanol–water partition coefficient (Wildman–Crippen LogP) is 0.220. The van der Waals surface area contributed by atoms with Gasteiger partial charge in [-0.3, -0.25) is 4.79 Å². The molecule has 0 spiro atoms. The molecule has 14 heavy (non-hydrogen) atoms. The number of aromatic amines is 2. The van der Waals surface area contributed by atoms with Crippen molar-refractivity contribution in [3.05, 3.63) is 33.9 Å². The highest BCUT2D eigenvalue weighted by Crippen LogP contribution is 2.15. The zero-order valence-electron chi connectivity index (χ0n) is 7.16. The number of H-pyrrole nitrogens is 2. The molecule has 0 saturated carbocycles. The van der Waals surface area contributed by atoms with Gasteiger partial charge in [-0.25, -0.2) is 0 Å². The van der Waals surface area contributed by atoms with Crippen LogP contribution < -0.4 is 5.56 Å². The molecular weight excluding hydrogens is 182 g/mol. The minimum absolute atomic E-state index is 0.182. The highest BCUT2D eigenvalue weighted by molar-refractivity contribution is 5.85. The van der Waals surface area contributed by atoms with Crippen LogP contribution >= 0.6 is 0 Å². The van der Waals surface area contributed by atoms with E-state index in [0.29, 0.717) is 22.2 Å². The first-order valence-electron chi connectivity index (χ1n) is 4.00. The Bertz CT molecular complexity index is 574. The van der Waals surface area contributed by atoms with Crippen LogP contribution in [0.2, 0.25) is 0 Å². The van der Waals surface area contributed by atoms with Gasteiger partial charge in [0.05, 0.1) is 12.2 Å². The molecule has 0 aliphatic carbocycles. The summed E-state index contributed by atoms with van der Waals surface area (Å²) in [5.74, 6) is 0. The molecule has 0 unspecified atom stereocenters. The average Bonchev–Trinajstić information content (AvgIpc) is 2.63. The number of hydrogen-bond donors (Lipinski definition) is 3. The Morgan fingerprint density at radius 3 is 3.00 bits per heavy atom. The van der Waals surface area contributed by atoms with Gasteiger partial charge in [-0.1, -0.05) is 0 Å². The Kier molecular flexibility index (Phi) is 1.84. The number of hydrogen-bond acceptors (Lipinski definition) is 3. The average molecular weight is 189 g/mol. The van der Waals surface area contributed by atoms with E-state index < -0.39 is 0 Å². The van der Waals surface area contributed by atoms with Crippen LogP contribution in [-0.2, 0) is 6.61 Å². The quantitative estimate of drug-likeness (QED) is 0.599. The molecule has 0 bridgehead atoms.